The van der Waals surface area contributed by atoms with E-state index in [1.807, 2.05) is 36.4 Å². The van der Waals surface area contributed by atoms with E-state index in [0.29, 0.717) is 35.4 Å². The van der Waals surface area contributed by atoms with Crippen LogP contribution in [0.1, 0.15) is 25.3 Å². The van der Waals surface area contributed by atoms with E-state index in [1.54, 1.807) is 17.0 Å². The maximum absolute atomic E-state index is 13.6. The number of nitrogens with one attached hydrogen (secondary N) is 1. The van der Waals surface area contributed by atoms with Gasteiger partial charge in [-0.3, -0.25) is 9.59 Å². The van der Waals surface area contributed by atoms with Crippen molar-refractivity contribution in [3.8, 4) is 17.2 Å². The molecule has 2 saturated heterocycles. The first-order valence-corrected chi connectivity index (χ1v) is 11.7. The molecular weight excluding hydrogens is 448 g/mol. The molecule has 0 saturated carbocycles. The van der Waals surface area contributed by atoms with Crippen LogP contribution in [0.15, 0.2) is 48.6 Å². The summed E-state index contributed by atoms with van der Waals surface area (Å²) in [6.45, 7) is 4.65. The van der Waals surface area contributed by atoms with Crippen molar-refractivity contribution < 1.29 is 28.5 Å². The summed E-state index contributed by atoms with van der Waals surface area (Å²) in [5.41, 5.74) is 1.71. The van der Waals surface area contributed by atoms with Gasteiger partial charge in [0.05, 0.1) is 45.8 Å². The van der Waals surface area contributed by atoms with Gasteiger partial charge >= 0.3 is 0 Å². The molecule has 1 N–H and O–H groups in total. The van der Waals surface area contributed by atoms with Gasteiger partial charge in [0.1, 0.15) is 5.60 Å². The first-order valence-electron chi connectivity index (χ1n) is 11.7. The van der Waals surface area contributed by atoms with Crippen molar-refractivity contribution in [2.45, 2.75) is 31.5 Å². The van der Waals surface area contributed by atoms with E-state index in [9.17, 15) is 9.59 Å². The lowest BCUT2D eigenvalue weighted by molar-refractivity contribution is -0.128. The Morgan fingerprint density at radius 2 is 1.74 bits per heavy atom. The second kappa shape index (κ2) is 8.61. The summed E-state index contributed by atoms with van der Waals surface area (Å²) in [4.78, 5) is 28.9. The fraction of sp³-hybridized carbons (Fsp3) is 0.407. The standard InChI is InChI=1S/C27H30N2O6/c1-15(2)16-6-8-18(9-7-16)29-14-27-11-10-19(35-27)22(23(27)26(29)31)25(30)28-17-12-20(32-3)24(34-5)21(13-17)33-4/h6-13,15,19,22-23H,14H2,1-5H3,(H,28,30)/t19-,22+,23-,27+/m1/s1. The van der Waals surface area contributed by atoms with Crippen LogP contribution in [0.5, 0.6) is 17.2 Å². The Morgan fingerprint density at radius 1 is 1.09 bits per heavy atom. The summed E-state index contributed by atoms with van der Waals surface area (Å²) in [5.74, 6) is 0.0666. The summed E-state index contributed by atoms with van der Waals surface area (Å²) in [5, 5.41) is 2.93. The molecule has 3 aliphatic heterocycles. The lowest BCUT2D eigenvalue weighted by atomic mass is 9.76. The van der Waals surface area contributed by atoms with E-state index in [4.69, 9.17) is 18.9 Å². The number of anilines is 2. The van der Waals surface area contributed by atoms with Crippen LogP contribution in [0, 0.1) is 11.8 Å². The monoisotopic (exact) mass is 478 g/mol. The normalized spacial score (nSPS) is 26.3. The van der Waals surface area contributed by atoms with Gasteiger partial charge in [-0.05, 0) is 23.6 Å². The molecule has 0 radical (unpaired) electrons. The Kier molecular flexibility index (Phi) is 5.71. The fourth-order valence-corrected chi connectivity index (χ4v) is 5.43. The molecular formula is C27H30N2O6. The third kappa shape index (κ3) is 3.63. The average Bonchev–Trinajstić information content (AvgIpc) is 3.51. The molecule has 184 valence electrons. The van der Waals surface area contributed by atoms with E-state index in [-0.39, 0.29) is 11.8 Å². The SMILES string of the molecule is COc1cc(NC(=O)[C@H]2[C@H]3C=C[C@@]4(CN(c5ccc(C(C)C)cc5)C(=O)[C@@H]24)O3)cc(OC)c1OC. The molecule has 2 aromatic rings. The summed E-state index contributed by atoms with van der Waals surface area (Å²) >= 11 is 0. The van der Waals surface area contributed by atoms with Crippen molar-refractivity contribution in [2.75, 3.05) is 38.1 Å². The Morgan fingerprint density at radius 3 is 2.31 bits per heavy atom. The van der Waals surface area contributed by atoms with Gasteiger partial charge < -0.3 is 29.2 Å². The van der Waals surface area contributed by atoms with Crippen molar-refractivity contribution in [1.29, 1.82) is 0 Å². The summed E-state index contributed by atoms with van der Waals surface area (Å²) in [6.07, 6.45) is 3.40. The van der Waals surface area contributed by atoms with Crippen molar-refractivity contribution in [3.63, 3.8) is 0 Å². The number of fused-ring (bicyclic) bond motifs is 1. The molecule has 0 aromatic heterocycles. The Labute approximate surface area is 204 Å². The van der Waals surface area contributed by atoms with Gasteiger partial charge in [0, 0.05) is 23.5 Å². The number of ether oxygens (including phenoxy) is 4. The minimum Gasteiger partial charge on any atom is -0.493 e. The summed E-state index contributed by atoms with van der Waals surface area (Å²) in [6, 6.07) is 11.3. The Bertz CT molecular complexity index is 1170. The maximum atomic E-state index is 13.6. The largest absolute Gasteiger partial charge is 0.493 e. The smallest absolute Gasteiger partial charge is 0.234 e. The Hall–Kier alpha value is -3.52. The molecule has 4 atom stereocenters. The molecule has 0 aliphatic carbocycles. The van der Waals surface area contributed by atoms with E-state index < -0.39 is 23.5 Å². The third-order valence-electron chi connectivity index (χ3n) is 7.21. The number of nitrogens with zero attached hydrogens (tertiary/aromatic N) is 1. The zero-order chi connectivity index (χ0) is 24.9. The van der Waals surface area contributed by atoms with Crippen molar-refractivity contribution in [3.05, 3.63) is 54.1 Å². The van der Waals surface area contributed by atoms with E-state index in [0.717, 1.165) is 5.69 Å². The van der Waals surface area contributed by atoms with Crippen LogP contribution in [-0.2, 0) is 14.3 Å². The highest BCUT2D eigenvalue weighted by Crippen LogP contribution is 2.53. The molecule has 1 spiro atoms. The number of carbonyl (C=O) groups excluding carboxylic acids is 2. The number of rotatable bonds is 7. The van der Waals surface area contributed by atoms with Crippen molar-refractivity contribution in [1.82, 2.24) is 0 Å². The molecule has 3 aliphatic rings. The Balaban J connectivity index is 1.41. The third-order valence-corrected chi connectivity index (χ3v) is 7.21. The molecule has 35 heavy (non-hydrogen) atoms. The topological polar surface area (TPSA) is 86.3 Å². The lowest BCUT2D eigenvalue weighted by Gasteiger charge is -2.24. The molecule has 8 nitrogen and oxygen atoms in total. The second-order valence-corrected chi connectivity index (χ2v) is 9.47. The second-order valence-electron chi connectivity index (χ2n) is 9.47. The van der Waals surface area contributed by atoms with Gasteiger partial charge in [0.2, 0.25) is 17.6 Å². The molecule has 2 bridgehead atoms. The molecule has 0 unspecified atom stereocenters. The minimum atomic E-state index is -0.796. The number of hydrogen-bond acceptors (Lipinski definition) is 6. The van der Waals surface area contributed by atoms with Crippen LogP contribution in [0.25, 0.3) is 0 Å². The van der Waals surface area contributed by atoms with Gasteiger partial charge in [-0.15, -0.1) is 0 Å². The number of amides is 2. The number of methoxy groups -OCH3 is 3. The molecule has 8 heteroatoms. The molecule has 5 rings (SSSR count). The number of benzene rings is 2. The molecule has 2 amide bonds. The van der Waals surface area contributed by atoms with E-state index in [1.165, 1.54) is 26.9 Å². The highest BCUT2D eigenvalue weighted by atomic mass is 16.5. The lowest BCUT2D eigenvalue weighted by Crippen LogP contribution is -2.41. The average molecular weight is 479 g/mol. The highest BCUT2D eigenvalue weighted by Gasteiger charge is 2.67. The predicted octanol–water partition coefficient (Wildman–Crippen LogP) is 3.76. The van der Waals surface area contributed by atoms with Crippen LogP contribution < -0.4 is 24.4 Å². The van der Waals surface area contributed by atoms with Crippen LogP contribution in [0.2, 0.25) is 0 Å². The maximum Gasteiger partial charge on any atom is 0.234 e. The summed E-state index contributed by atoms with van der Waals surface area (Å²) in [7, 11) is 4.55. The van der Waals surface area contributed by atoms with Gasteiger partial charge in [-0.25, -0.2) is 0 Å². The summed E-state index contributed by atoms with van der Waals surface area (Å²) < 4.78 is 22.4. The highest BCUT2D eigenvalue weighted by molar-refractivity contribution is 6.05. The van der Waals surface area contributed by atoms with Gasteiger partial charge in [-0.2, -0.15) is 0 Å². The number of carbonyl (C=O) groups is 2. The van der Waals surface area contributed by atoms with E-state index in [2.05, 4.69) is 19.2 Å². The van der Waals surface area contributed by atoms with Crippen LogP contribution in [-0.4, -0.2) is 51.4 Å². The van der Waals surface area contributed by atoms with Crippen LogP contribution >= 0.6 is 0 Å². The van der Waals surface area contributed by atoms with Gasteiger partial charge in [-0.1, -0.05) is 38.1 Å². The van der Waals surface area contributed by atoms with Gasteiger partial charge in [0.25, 0.3) is 0 Å². The molecule has 3 heterocycles. The quantitative estimate of drug-likeness (QED) is 0.610. The minimum absolute atomic E-state index is 0.0980. The predicted molar refractivity (Wildman–Crippen MR) is 131 cm³/mol. The molecule has 2 fully saturated rings. The van der Waals surface area contributed by atoms with Crippen LogP contribution in [0.4, 0.5) is 11.4 Å². The van der Waals surface area contributed by atoms with Gasteiger partial charge in [0.15, 0.2) is 11.5 Å². The van der Waals surface area contributed by atoms with Crippen molar-refractivity contribution in [2.24, 2.45) is 11.8 Å². The first kappa shape index (κ1) is 23.2. The molecule has 2 aromatic carbocycles. The number of hydrogen-bond donors (Lipinski definition) is 1. The van der Waals surface area contributed by atoms with Crippen molar-refractivity contribution >= 4 is 23.2 Å². The van der Waals surface area contributed by atoms with Crippen LogP contribution in [0.3, 0.4) is 0 Å². The zero-order valence-electron chi connectivity index (χ0n) is 20.5. The fourth-order valence-electron chi connectivity index (χ4n) is 5.43. The first-order chi connectivity index (χ1) is 16.8. The van der Waals surface area contributed by atoms with E-state index >= 15 is 0 Å². The zero-order valence-corrected chi connectivity index (χ0v) is 20.5.